The second-order valence-corrected chi connectivity index (χ2v) is 8.84. The second kappa shape index (κ2) is 9.32. The number of sulfonamides is 1. The first-order valence-corrected chi connectivity index (χ1v) is 10.8. The number of carbonyl (C=O) groups is 1. The molecule has 0 atom stereocenters. The lowest BCUT2D eigenvalue weighted by atomic mass is 10.1. The van der Waals surface area contributed by atoms with Crippen LogP contribution in [0.4, 0.5) is 0 Å². The van der Waals surface area contributed by atoms with E-state index < -0.39 is 10.0 Å². The van der Waals surface area contributed by atoms with E-state index in [0.717, 1.165) is 0 Å². The first-order chi connectivity index (χ1) is 11.8. The number of likely N-dealkylation sites (tertiary alicyclic amines) is 1. The first kappa shape index (κ1) is 20.6. The average molecular weight is 427 g/mol. The number of halogens is 2. The summed E-state index contributed by atoms with van der Waals surface area (Å²) < 4.78 is 31.6. The van der Waals surface area contributed by atoms with E-state index in [-0.39, 0.29) is 30.1 Å². The number of nitrogens with one attached hydrogen (secondary N) is 1. The predicted octanol–water partition coefficient (Wildman–Crippen LogP) is 2.21. The summed E-state index contributed by atoms with van der Waals surface area (Å²) in [6, 6.07) is 4.64. The van der Waals surface area contributed by atoms with Gasteiger partial charge < -0.3 is 9.64 Å². The van der Waals surface area contributed by atoms with Crippen molar-refractivity contribution in [2.45, 2.75) is 18.9 Å². The second-order valence-electron chi connectivity index (χ2n) is 5.68. The molecule has 6 nitrogen and oxygen atoms in total. The van der Waals surface area contributed by atoms with E-state index in [9.17, 15) is 13.2 Å². The van der Waals surface area contributed by atoms with Gasteiger partial charge in [0.15, 0.2) is 6.61 Å². The highest BCUT2D eigenvalue weighted by molar-refractivity contribution is 7.90. The van der Waals surface area contributed by atoms with Gasteiger partial charge in [-0.25, -0.2) is 13.1 Å². The van der Waals surface area contributed by atoms with Crippen molar-refractivity contribution in [1.82, 2.24) is 9.62 Å². The van der Waals surface area contributed by atoms with E-state index in [1.54, 1.807) is 23.1 Å². The summed E-state index contributed by atoms with van der Waals surface area (Å²) in [6.45, 7) is 0.826. The van der Waals surface area contributed by atoms with Crippen molar-refractivity contribution in [3.63, 3.8) is 0 Å². The highest BCUT2D eigenvalue weighted by atomic mass is 35.5. The molecule has 0 bridgehead atoms. The minimum Gasteiger partial charge on any atom is -0.482 e. The van der Waals surface area contributed by atoms with Crippen LogP contribution in [0.3, 0.4) is 0 Å². The molecule has 1 aliphatic rings. The van der Waals surface area contributed by atoms with Crippen LogP contribution in [-0.2, 0) is 14.8 Å². The fourth-order valence-corrected chi connectivity index (χ4v) is 4.79. The molecule has 25 heavy (non-hydrogen) atoms. The number of nitrogens with zero attached hydrogens (tertiary/aromatic N) is 1. The van der Waals surface area contributed by atoms with Crippen molar-refractivity contribution in [3.8, 4) is 5.75 Å². The van der Waals surface area contributed by atoms with Gasteiger partial charge in [-0.2, -0.15) is 12.6 Å². The predicted molar refractivity (Wildman–Crippen MR) is 102 cm³/mol. The Kier molecular flexibility index (Phi) is 7.69. The van der Waals surface area contributed by atoms with Gasteiger partial charge in [-0.3, -0.25) is 4.79 Å². The molecule has 1 amide bonds. The van der Waals surface area contributed by atoms with Crippen molar-refractivity contribution in [2.75, 3.05) is 31.2 Å². The number of hydrogen-bond acceptors (Lipinski definition) is 5. The molecular weight excluding hydrogens is 407 g/mol. The van der Waals surface area contributed by atoms with Gasteiger partial charge in [-0.15, -0.1) is 0 Å². The Morgan fingerprint density at radius 1 is 1.32 bits per heavy atom. The van der Waals surface area contributed by atoms with Gasteiger partial charge in [-0.1, -0.05) is 23.2 Å². The molecule has 1 saturated heterocycles. The zero-order chi connectivity index (χ0) is 18.4. The number of carbonyl (C=O) groups excluding carboxylic acids is 1. The van der Waals surface area contributed by atoms with Crippen LogP contribution in [0.5, 0.6) is 5.75 Å². The number of thiol groups is 1. The van der Waals surface area contributed by atoms with Crippen molar-refractivity contribution >= 4 is 51.8 Å². The Labute approximate surface area is 163 Å². The number of rotatable bonds is 7. The molecule has 1 aliphatic heterocycles. The molecule has 140 valence electrons. The molecule has 2 rings (SSSR count). The third kappa shape index (κ3) is 6.53. The number of piperidine rings is 1. The van der Waals surface area contributed by atoms with Crippen molar-refractivity contribution in [3.05, 3.63) is 28.2 Å². The van der Waals surface area contributed by atoms with Crippen LogP contribution < -0.4 is 9.46 Å². The first-order valence-electron chi connectivity index (χ1n) is 7.77. The molecule has 0 radical (unpaired) electrons. The Balaban J connectivity index is 1.79. The summed E-state index contributed by atoms with van der Waals surface area (Å²) in [5, 5.41) is 0.837. The normalized spacial score (nSPS) is 16.0. The maximum absolute atomic E-state index is 12.2. The summed E-state index contributed by atoms with van der Waals surface area (Å²) >= 11 is 15.7. The van der Waals surface area contributed by atoms with Crippen LogP contribution in [-0.4, -0.2) is 56.5 Å². The summed E-state index contributed by atoms with van der Waals surface area (Å²) in [7, 11) is -3.30. The van der Waals surface area contributed by atoms with E-state index in [1.807, 2.05) is 0 Å². The number of hydrogen-bond donors (Lipinski definition) is 2. The number of benzene rings is 1. The van der Waals surface area contributed by atoms with Gasteiger partial charge in [0, 0.05) is 29.9 Å². The lowest BCUT2D eigenvalue weighted by molar-refractivity contribution is -0.134. The zero-order valence-corrected chi connectivity index (χ0v) is 16.7. The smallest absolute Gasteiger partial charge is 0.260 e. The van der Waals surface area contributed by atoms with E-state index in [2.05, 4.69) is 17.4 Å². The molecular formula is C15H20Cl2N2O4S2. The maximum Gasteiger partial charge on any atom is 0.260 e. The Bertz CT molecular complexity index is 707. The van der Waals surface area contributed by atoms with Crippen molar-refractivity contribution in [2.24, 2.45) is 0 Å². The summed E-state index contributed by atoms with van der Waals surface area (Å²) in [5.74, 6) is 0.499. The lowest BCUT2D eigenvalue weighted by Crippen LogP contribution is -2.48. The molecule has 0 spiro atoms. The average Bonchev–Trinajstić information content (AvgIpc) is 2.54. The summed E-state index contributed by atoms with van der Waals surface area (Å²) in [6.07, 6.45) is 1.14. The number of ether oxygens (including phenoxy) is 1. The fraction of sp³-hybridized carbons (Fsp3) is 0.533. The summed E-state index contributed by atoms with van der Waals surface area (Å²) in [4.78, 5) is 13.9. The molecule has 0 aromatic heterocycles. The largest absolute Gasteiger partial charge is 0.482 e. The molecule has 0 aliphatic carbocycles. The van der Waals surface area contributed by atoms with Crippen LogP contribution in [0.1, 0.15) is 12.8 Å². The molecule has 1 aromatic rings. The number of amides is 1. The zero-order valence-electron chi connectivity index (χ0n) is 13.5. The third-order valence-electron chi connectivity index (χ3n) is 3.80. The van der Waals surface area contributed by atoms with E-state index in [4.69, 9.17) is 27.9 Å². The molecule has 0 unspecified atom stereocenters. The Hall–Kier alpha value is -0.670. The highest BCUT2D eigenvalue weighted by Crippen LogP contribution is 2.27. The lowest BCUT2D eigenvalue weighted by Gasteiger charge is -2.32. The van der Waals surface area contributed by atoms with Crippen LogP contribution in [0.25, 0.3) is 0 Å². The van der Waals surface area contributed by atoms with Gasteiger partial charge in [0.2, 0.25) is 10.0 Å². The van der Waals surface area contributed by atoms with E-state index in [1.165, 1.54) is 0 Å². The van der Waals surface area contributed by atoms with Crippen LogP contribution in [0, 0.1) is 0 Å². The molecule has 1 heterocycles. The van der Waals surface area contributed by atoms with Crippen molar-refractivity contribution in [1.29, 1.82) is 0 Å². The molecule has 1 fully saturated rings. The highest BCUT2D eigenvalue weighted by Gasteiger charge is 2.25. The quantitative estimate of drug-likeness (QED) is 0.655. The van der Waals surface area contributed by atoms with Gasteiger partial charge in [0.25, 0.3) is 5.91 Å². The Morgan fingerprint density at radius 3 is 2.60 bits per heavy atom. The standard InChI is InChI=1S/C15H20Cl2N2O4S2/c16-11-1-2-14(13(17)9-11)23-10-15(20)19-5-3-12(4-6-19)18-25(21,22)8-7-24/h1-2,9,12,18,24H,3-8,10H2. The maximum atomic E-state index is 12.2. The Morgan fingerprint density at radius 2 is 2.00 bits per heavy atom. The fourth-order valence-electron chi connectivity index (χ4n) is 2.50. The molecule has 10 heteroatoms. The molecule has 0 saturated carbocycles. The van der Waals surface area contributed by atoms with Crippen molar-refractivity contribution < 1.29 is 17.9 Å². The van der Waals surface area contributed by atoms with Gasteiger partial charge in [0.1, 0.15) is 5.75 Å². The minimum absolute atomic E-state index is 0.00898. The van der Waals surface area contributed by atoms with E-state index in [0.29, 0.717) is 41.7 Å². The van der Waals surface area contributed by atoms with Gasteiger partial charge in [0.05, 0.1) is 10.8 Å². The van der Waals surface area contributed by atoms with Crippen LogP contribution >= 0.6 is 35.8 Å². The third-order valence-corrected chi connectivity index (χ3v) is 6.29. The summed E-state index contributed by atoms with van der Waals surface area (Å²) in [5.41, 5.74) is 0. The molecule has 1 aromatic carbocycles. The monoisotopic (exact) mass is 426 g/mol. The van der Waals surface area contributed by atoms with Crippen LogP contribution in [0.2, 0.25) is 10.0 Å². The molecule has 1 N–H and O–H groups in total. The van der Waals surface area contributed by atoms with Gasteiger partial charge >= 0.3 is 0 Å². The van der Waals surface area contributed by atoms with E-state index >= 15 is 0 Å². The topological polar surface area (TPSA) is 75.7 Å². The minimum atomic E-state index is -3.30. The SMILES string of the molecule is O=C(COc1ccc(Cl)cc1Cl)N1CCC(NS(=O)(=O)CCS)CC1. The van der Waals surface area contributed by atoms with Crippen LogP contribution in [0.15, 0.2) is 18.2 Å². The van der Waals surface area contributed by atoms with Gasteiger partial charge in [-0.05, 0) is 31.0 Å².